The number of ether oxygens (including phenoxy) is 1. The van der Waals surface area contributed by atoms with Crippen LogP contribution in [0.1, 0.15) is 19.4 Å². The van der Waals surface area contributed by atoms with Gasteiger partial charge in [0.15, 0.2) is 0 Å². The molecule has 0 bridgehead atoms. The maximum Gasteiger partial charge on any atom is 0.259 e. The van der Waals surface area contributed by atoms with Crippen LogP contribution in [0, 0.1) is 17.2 Å². The number of primary amides is 1. The number of aromatic nitrogens is 3. The minimum absolute atomic E-state index is 0.0733. The van der Waals surface area contributed by atoms with Crippen LogP contribution in [0.25, 0.3) is 11.0 Å². The zero-order chi connectivity index (χ0) is 16.1. The van der Waals surface area contributed by atoms with Gasteiger partial charge in [-0.2, -0.15) is 5.26 Å². The molecule has 0 radical (unpaired) electrons. The number of hydrogen-bond donors (Lipinski definition) is 2. The van der Waals surface area contributed by atoms with Crippen LogP contribution >= 0.6 is 0 Å². The molecule has 114 valence electrons. The second kappa shape index (κ2) is 6.72. The number of nitriles is 1. The van der Waals surface area contributed by atoms with Crippen molar-refractivity contribution < 1.29 is 9.53 Å². The van der Waals surface area contributed by atoms with E-state index in [1.165, 1.54) is 12.4 Å². The molecule has 22 heavy (non-hydrogen) atoms. The first-order chi connectivity index (χ1) is 10.5. The summed E-state index contributed by atoms with van der Waals surface area (Å²) in [6.07, 6.45) is 5.04. The zero-order valence-electron chi connectivity index (χ0n) is 12.5. The molecule has 7 heteroatoms. The molecule has 2 aromatic rings. The van der Waals surface area contributed by atoms with E-state index in [0.29, 0.717) is 30.5 Å². The van der Waals surface area contributed by atoms with Gasteiger partial charge in [0.05, 0.1) is 12.0 Å². The van der Waals surface area contributed by atoms with E-state index in [9.17, 15) is 4.79 Å². The van der Waals surface area contributed by atoms with Gasteiger partial charge in [0.2, 0.25) is 5.88 Å². The number of rotatable bonds is 6. The molecule has 2 rings (SSSR count). The van der Waals surface area contributed by atoms with E-state index in [2.05, 4.69) is 15.0 Å². The van der Waals surface area contributed by atoms with Crippen molar-refractivity contribution in [3.63, 3.8) is 0 Å². The van der Waals surface area contributed by atoms with Gasteiger partial charge in [0.25, 0.3) is 5.91 Å². The van der Waals surface area contributed by atoms with Crippen LogP contribution < -0.4 is 10.5 Å². The van der Waals surface area contributed by atoms with Crippen LogP contribution in [0.2, 0.25) is 0 Å². The molecule has 0 fully saturated rings. The number of hydrogen-bond acceptors (Lipinski definition) is 5. The number of nitrogens with zero attached hydrogens (tertiary/aromatic N) is 3. The lowest BCUT2D eigenvalue weighted by molar-refractivity contribution is -0.114. The highest BCUT2D eigenvalue weighted by atomic mass is 16.5. The molecule has 0 atom stereocenters. The average molecular weight is 299 g/mol. The molecule has 0 spiro atoms. The number of carbonyl (C=O) groups excluding carboxylic acids is 1. The van der Waals surface area contributed by atoms with Gasteiger partial charge in [-0.05, 0) is 17.9 Å². The molecule has 2 heterocycles. The van der Waals surface area contributed by atoms with Crippen LogP contribution in [-0.2, 0) is 11.2 Å². The van der Waals surface area contributed by atoms with Crippen molar-refractivity contribution in [2.75, 3.05) is 6.61 Å². The number of allylic oxidation sites excluding steroid dienone is 1. The van der Waals surface area contributed by atoms with Crippen LogP contribution in [0.5, 0.6) is 5.88 Å². The number of amides is 1. The Kier molecular flexibility index (Phi) is 4.73. The van der Waals surface area contributed by atoms with E-state index >= 15 is 0 Å². The van der Waals surface area contributed by atoms with E-state index in [4.69, 9.17) is 15.7 Å². The minimum atomic E-state index is -0.741. The summed E-state index contributed by atoms with van der Waals surface area (Å²) in [4.78, 5) is 22.4. The molecule has 0 aromatic carbocycles. The number of fused-ring (bicyclic) bond motifs is 1. The van der Waals surface area contributed by atoms with Gasteiger partial charge < -0.3 is 15.5 Å². The molecule has 0 aliphatic rings. The fourth-order valence-electron chi connectivity index (χ4n) is 1.93. The molecule has 0 unspecified atom stereocenters. The second-order valence-corrected chi connectivity index (χ2v) is 5.22. The fourth-order valence-corrected chi connectivity index (χ4v) is 1.93. The molecular formula is C15H17N5O2. The van der Waals surface area contributed by atoms with Crippen molar-refractivity contribution >= 4 is 16.9 Å². The maximum atomic E-state index is 11.1. The van der Waals surface area contributed by atoms with Crippen molar-refractivity contribution in [1.29, 1.82) is 5.26 Å². The standard InChI is InChI=1S/C15H17N5O2/c1-9(2)7-22-15-12-11(4-3-10(5-16)13(17)21)6-18-14(12)19-8-20-15/h3,6,8-9H,4,7H2,1-2H3,(H2,17,21)(H,18,19,20)/b10-3+. The molecular weight excluding hydrogens is 282 g/mol. The third kappa shape index (κ3) is 3.41. The van der Waals surface area contributed by atoms with Crippen molar-refractivity contribution in [3.05, 3.63) is 29.7 Å². The van der Waals surface area contributed by atoms with E-state index in [1.807, 2.05) is 13.8 Å². The van der Waals surface area contributed by atoms with Gasteiger partial charge in [-0.15, -0.1) is 0 Å². The van der Waals surface area contributed by atoms with E-state index < -0.39 is 5.91 Å². The van der Waals surface area contributed by atoms with Gasteiger partial charge in [-0.1, -0.05) is 19.9 Å². The SMILES string of the molecule is CC(C)COc1ncnc2[nH]cc(C/C=C(\C#N)C(N)=O)c12. The second-order valence-electron chi connectivity index (χ2n) is 5.22. The first-order valence-electron chi connectivity index (χ1n) is 6.86. The van der Waals surface area contributed by atoms with Crippen molar-refractivity contribution in [1.82, 2.24) is 15.0 Å². The minimum Gasteiger partial charge on any atom is -0.477 e. The Bertz CT molecular complexity index is 755. The summed E-state index contributed by atoms with van der Waals surface area (Å²) in [5.41, 5.74) is 6.53. The van der Waals surface area contributed by atoms with Crippen LogP contribution in [-0.4, -0.2) is 27.5 Å². The predicted molar refractivity (Wildman–Crippen MR) is 80.8 cm³/mol. The molecule has 0 saturated carbocycles. The number of H-pyrrole nitrogens is 1. The Balaban J connectivity index is 2.35. The summed E-state index contributed by atoms with van der Waals surface area (Å²) in [5, 5.41) is 9.61. The molecule has 0 aliphatic carbocycles. The number of carbonyl (C=O) groups is 1. The molecule has 2 aromatic heterocycles. The van der Waals surface area contributed by atoms with E-state index in [0.717, 1.165) is 10.9 Å². The third-order valence-electron chi connectivity index (χ3n) is 2.98. The Morgan fingerprint density at radius 3 is 2.95 bits per heavy atom. The lowest BCUT2D eigenvalue weighted by Gasteiger charge is -2.09. The van der Waals surface area contributed by atoms with Gasteiger partial charge in [-0.25, -0.2) is 9.97 Å². The fraction of sp³-hybridized carbons (Fsp3) is 0.333. The molecule has 1 amide bonds. The molecule has 0 saturated heterocycles. The smallest absolute Gasteiger partial charge is 0.259 e. The van der Waals surface area contributed by atoms with Crippen LogP contribution in [0.15, 0.2) is 24.2 Å². The summed E-state index contributed by atoms with van der Waals surface area (Å²) in [6.45, 7) is 4.63. The Morgan fingerprint density at radius 2 is 2.32 bits per heavy atom. The number of nitrogens with two attached hydrogens (primary N) is 1. The van der Waals surface area contributed by atoms with Gasteiger partial charge in [0.1, 0.15) is 23.6 Å². The lowest BCUT2D eigenvalue weighted by atomic mass is 10.1. The monoisotopic (exact) mass is 299 g/mol. The largest absolute Gasteiger partial charge is 0.477 e. The summed E-state index contributed by atoms with van der Waals surface area (Å²) in [6, 6.07) is 1.78. The Hall–Kier alpha value is -2.88. The number of aromatic amines is 1. The summed E-state index contributed by atoms with van der Waals surface area (Å²) in [5.74, 6) is 0.114. The van der Waals surface area contributed by atoms with Crippen molar-refractivity contribution in [3.8, 4) is 11.9 Å². The van der Waals surface area contributed by atoms with Gasteiger partial charge in [-0.3, -0.25) is 4.79 Å². The first kappa shape index (κ1) is 15.5. The van der Waals surface area contributed by atoms with Gasteiger partial charge in [0, 0.05) is 6.20 Å². The highest BCUT2D eigenvalue weighted by Crippen LogP contribution is 2.26. The highest BCUT2D eigenvalue weighted by molar-refractivity contribution is 5.96. The molecule has 3 N–H and O–H groups in total. The average Bonchev–Trinajstić information content (AvgIpc) is 2.89. The van der Waals surface area contributed by atoms with Crippen LogP contribution in [0.4, 0.5) is 0 Å². The van der Waals surface area contributed by atoms with Crippen molar-refractivity contribution in [2.24, 2.45) is 11.7 Å². The Morgan fingerprint density at radius 1 is 1.55 bits per heavy atom. The van der Waals surface area contributed by atoms with Crippen LogP contribution in [0.3, 0.4) is 0 Å². The van der Waals surface area contributed by atoms with E-state index in [1.54, 1.807) is 12.3 Å². The summed E-state index contributed by atoms with van der Waals surface area (Å²) >= 11 is 0. The first-order valence-corrected chi connectivity index (χ1v) is 6.86. The van der Waals surface area contributed by atoms with Crippen molar-refractivity contribution in [2.45, 2.75) is 20.3 Å². The third-order valence-corrected chi connectivity index (χ3v) is 2.98. The topological polar surface area (TPSA) is 118 Å². The number of nitrogens with one attached hydrogen (secondary N) is 1. The Labute approximate surface area is 127 Å². The quantitative estimate of drug-likeness (QED) is 0.618. The van der Waals surface area contributed by atoms with Gasteiger partial charge >= 0.3 is 0 Å². The molecule has 0 aliphatic heterocycles. The summed E-state index contributed by atoms with van der Waals surface area (Å²) in [7, 11) is 0. The highest BCUT2D eigenvalue weighted by Gasteiger charge is 2.13. The lowest BCUT2D eigenvalue weighted by Crippen LogP contribution is -2.12. The van der Waals surface area contributed by atoms with E-state index in [-0.39, 0.29) is 5.57 Å². The normalized spacial score (nSPS) is 11.6. The molecule has 7 nitrogen and oxygen atoms in total. The zero-order valence-corrected chi connectivity index (χ0v) is 12.5. The maximum absolute atomic E-state index is 11.1. The summed E-state index contributed by atoms with van der Waals surface area (Å²) < 4.78 is 5.71. The predicted octanol–water partition coefficient (Wildman–Crippen LogP) is 1.47.